The number of carbonyl (C=O) groups excluding carboxylic acids is 2. The third-order valence-corrected chi connectivity index (χ3v) is 5.15. The Balaban J connectivity index is 1.26. The van der Waals surface area contributed by atoms with Crippen LogP contribution in [0, 0.1) is 0 Å². The normalized spacial score (nSPS) is 14.1. The molecule has 31 heavy (non-hydrogen) atoms. The van der Waals surface area contributed by atoms with E-state index in [1.807, 2.05) is 72.8 Å². The first-order valence-corrected chi connectivity index (χ1v) is 9.87. The van der Waals surface area contributed by atoms with Crippen LogP contribution in [0.3, 0.4) is 0 Å². The van der Waals surface area contributed by atoms with Gasteiger partial charge in [0, 0.05) is 23.7 Å². The number of anilines is 1. The molecule has 1 aromatic carbocycles. The minimum Gasteiger partial charge on any atom is -0.364 e. The number of rotatable bonds is 4. The van der Waals surface area contributed by atoms with Gasteiger partial charge in [-0.05, 0) is 42.0 Å². The van der Waals surface area contributed by atoms with Gasteiger partial charge in [0.1, 0.15) is 5.82 Å². The minimum absolute atomic E-state index is 0.395. The van der Waals surface area contributed by atoms with Crippen molar-refractivity contribution >= 4 is 23.5 Å². The highest BCUT2D eigenvalue weighted by Gasteiger charge is 2.35. The van der Waals surface area contributed by atoms with Crippen molar-refractivity contribution in [3.8, 4) is 0 Å². The van der Waals surface area contributed by atoms with E-state index in [0.717, 1.165) is 22.5 Å². The van der Waals surface area contributed by atoms with Crippen LogP contribution in [-0.2, 0) is 6.54 Å². The number of imide groups is 1. The average molecular weight is 409 g/mol. The fraction of sp³-hybridized carbons (Fsp3) is 0.0417. The van der Waals surface area contributed by atoms with Crippen molar-refractivity contribution in [2.24, 2.45) is 0 Å². The number of benzene rings is 1. The molecule has 0 saturated carbocycles. The van der Waals surface area contributed by atoms with E-state index in [1.165, 1.54) is 9.47 Å². The van der Waals surface area contributed by atoms with E-state index in [1.54, 1.807) is 18.5 Å². The molecule has 5 rings (SSSR count). The standard InChI is InChI=1S/C24H19N5O2/c30-23(28-14-6-9-19(28)16-26-22-10-4-5-13-25-22)27-24(31)29-18-11-12-20(21(29)15-18)17-7-2-1-3-8-17/h1-15H,16H2,(H,25,26)(H,27,30,31). The second-order valence-electron chi connectivity index (χ2n) is 7.08. The zero-order valence-corrected chi connectivity index (χ0v) is 16.5. The molecule has 0 saturated heterocycles. The quantitative estimate of drug-likeness (QED) is 0.671. The SMILES string of the molecule is O=C(NC(=O)n1cccc1CNc1ccccn1)N1c2ccc(-c3ccccc3)c1c2. The molecule has 2 aliphatic rings. The summed E-state index contributed by atoms with van der Waals surface area (Å²) in [6.45, 7) is 0.395. The Morgan fingerprint density at radius 1 is 0.903 bits per heavy atom. The van der Waals surface area contributed by atoms with Crippen molar-refractivity contribution in [1.82, 2.24) is 19.8 Å². The summed E-state index contributed by atoms with van der Waals surface area (Å²) in [7, 11) is 0. The van der Waals surface area contributed by atoms with Crippen LogP contribution in [0.25, 0.3) is 5.57 Å². The molecule has 0 aliphatic carbocycles. The summed E-state index contributed by atoms with van der Waals surface area (Å²) in [4.78, 5) is 31.4. The Kier molecular flexibility index (Phi) is 4.68. The number of hydrogen-bond acceptors (Lipinski definition) is 4. The highest BCUT2D eigenvalue weighted by molar-refractivity contribution is 6.01. The number of fused-ring (bicyclic) bond motifs is 2. The van der Waals surface area contributed by atoms with Gasteiger partial charge in [0.25, 0.3) is 0 Å². The molecule has 3 amide bonds. The van der Waals surface area contributed by atoms with Gasteiger partial charge in [-0.3, -0.25) is 14.8 Å². The molecule has 0 unspecified atom stereocenters. The maximum Gasteiger partial charge on any atom is 0.334 e. The molecule has 3 aromatic rings. The molecule has 152 valence electrons. The third kappa shape index (κ3) is 3.53. The van der Waals surface area contributed by atoms with Crippen LogP contribution in [0.15, 0.2) is 103 Å². The van der Waals surface area contributed by atoms with Crippen molar-refractivity contribution in [2.75, 3.05) is 5.32 Å². The fourth-order valence-electron chi connectivity index (χ4n) is 3.62. The van der Waals surface area contributed by atoms with E-state index in [4.69, 9.17) is 0 Å². The summed E-state index contributed by atoms with van der Waals surface area (Å²) in [5.41, 5.74) is 4.20. The first-order chi connectivity index (χ1) is 15.2. The monoisotopic (exact) mass is 409 g/mol. The maximum absolute atomic E-state index is 12.9. The van der Waals surface area contributed by atoms with Crippen LogP contribution in [-0.4, -0.2) is 26.5 Å². The zero-order chi connectivity index (χ0) is 21.2. The van der Waals surface area contributed by atoms with Gasteiger partial charge in [-0.1, -0.05) is 42.5 Å². The van der Waals surface area contributed by atoms with E-state index in [9.17, 15) is 9.59 Å². The highest BCUT2D eigenvalue weighted by atomic mass is 16.2. The van der Waals surface area contributed by atoms with Gasteiger partial charge in [-0.15, -0.1) is 0 Å². The Morgan fingerprint density at radius 3 is 2.52 bits per heavy atom. The van der Waals surface area contributed by atoms with Gasteiger partial charge in [0.05, 0.1) is 17.9 Å². The molecule has 7 nitrogen and oxygen atoms in total. The molecule has 2 aliphatic heterocycles. The zero-order valence-electron chi connectivity index (χ0n) is 16.5. The summed E-state index contributed by atoms with van der Waals surface area (Å²) in [6.07, 6.45) is 9.11. The summed E-state index contributed by atoms with van der Waals surface area (Å²) in [6, 6.07) is 18.0. The van der Waals surface area contributed by atoms with Gasteiger partial charge in [-0.2, -0.15) is 0 Å². The first kappa shape index (κ1) is 18.6. The average Bonchev–Trinajstić information content (AvgIpc) is 3.28. The van der Waals surface area contributed by atoms with E-state index in [-0.39, 0.29) is 0 Å². The van der Waals surface area contributed by atoms with Gasteiger partial charge < -0.3 is 5.32 Å². The third-order valence-electron chi connectivity index (χ3n) is 5.15. The number of allylic oxidation sites excluding steroid dienone is 4. The summed E-state index contributed by atoms with van der Waals surface area (Å²) in [5.74, 6) is 0.708. The summed E-state index contributed by atoms with van der Waals surface area (Å²) < 4.78 is 1.42. The van der Waals surface area contributed by atoms with Crippen molar-refractivity contribution in [1.29, 1.82) is 0 Å². The van der Waals surface area contributed by atoms with Gasteiger partial charge in [-0.25, -0.2) is 14.6 Å². The summed E-state index contributed by atoms with van der Waals surface area (Å²) >= 11 is 0. The number of urea groups is 1. The minimum atomic E-state index is -0.510. The topological polar surface area (TPSA) is 79.3 Å². The Morgan fingerprint density at radius 2 is 1.74 bits per heavy atom. The first-order valence-electron chi connectivity index (χ1n) is 9.87. The number of nitrogens with zero attached hydrogens (tertiary/aromatic N) is 3. The number of pyridine rings is 1. The van der Waals surface area contributed by atoms with Crippen molar-refractivity contribution in [3.63, 3.8) is 0 Å². The lowest BCUT2D eigenvalue weighted by Crippen LogP contribution is -2.47. The molecule has 0 spiro atoms. The van der Waals surface area contributed by atoms with Crippen LogP contribution in [0.5, 0.6) is 0 Å². The van der Waals surface area contributed by atoms with Gasteiger partial charge >= 0.3 is 12.1 Å². The van der Waals surface area contributed by atoms with Gasteiger partial charge in [0.2, 0.25) is 0 Å². The van der Waals surface area contributed by atoms with Crippen molar-refractivity contribution in [3.05, 3.63) is 114 Å². The Bertz CT molecular complexity index is 1240. The molecule has 2 aromatic heterocycles. The predicted molar refractivity (Wildman–Crippen MR) is 118 cm³/mol. The number of aromatic nitrogens is 2. The van der Waals surface area contributed by atoms with E-state index < -0.39 is 12.1 Å². The number of amides is 3. The fourth-order valence-corrected chi connectivity index (χ4v) is 3.62. The largest absolute Gasteiger partial charge is 0.364 e. The summed E-state index contributed by atoms with van der Waals surface area (Å²) in [5, 5.41) is 5.65. The molecule has 2 N–H and O–H groups in total. The number of hydrogen-bond donors (Lipinski definition) is 2. The van der Waals surface area contributed by atoms with Crippen LogP contribution in [0.1, 0.15) is 11.3 Å². The highest BCUT2D eigenvalue weighted by Crippen LogP contribution is 2.40. The van der Waals surface area contributed by atoms with Gasteiger partial charge in [0.15, 0.2) is 0 Å². The molecule has 0 radical (unpaired) electrons. The van der Waals surface area contributed by atoms with Crippen LogP contribution in [0.4, 0.5) is 15.4 Å². The lowest BCUT2D eigenvalue weighted by Gasteiger charge is -2.37. The molecular formula is C24H19N5O2. The molecule has 7 heteroatoms. The number of nitrogens with one attached hydrogen (secondary N) is 2. The van der Waals surface area contributed by atoms with Crippen LogP contribution < -0.4 is 10.6 Å². The molecule has 0 fully saturated rings. The van der Waals surface area contributed by atoms with E-state index in [0.29, 0.717) is 18.1 Å². The lowest BCUT2D eigenvalue weighted by atomic mass is 9.92. The van der Waals surface area contributed by atoms with Crippen LogP contribution >= 0.6 is 0 Å². The second-order valence-corrected chi connectivity index (χ2v) is 7.08. The smallest absolute Gasteiger partial charge is 0.334 e. The maximum atomic E-state index is 12.9. The second kappa shape index (κ2) is 7.79. The molecule has 2 bridgehead atoms. The molecule has 0 atom stereocenters. The predicted octanol–water partition coefficient (Wildman–Crippen LogP) is 4.35. The molecule has 4 heterocycles. The van der Waals surface area contributed by atoms with Crippen LogP contribution in [0.2, 0.25) is 0 Å². The Labute approximate surface area is 179 Å². The van der Waals surface area contributed by atoms with Crippen molar-refractivity contribution in [2.45, 2.75) is 6.54 Å². The lowest BCUT2D eigenvalue weighted by molar-refractivity contribution is 0.213. The van der Waals surface area contributed by atoms with Crippen molar-refractivity contribution < 1.29 is 9.59 Å². The van der Waals surface area contributed by atoms with E-state index >= 15 is 0 Å². The van der Waals surface area contributed by atoms with E-state index in [2.05, 4.69) is 15.6 Å². The molecular weight excluding hydrogens is 390 g/mol. The number of carbonyl (C=O) groups is 2. The Hall–Kier alpha value is -4.39.